The minimum Gasteiger partial charge on any atom is -0.493 e. The summed E-state index contributed by atoms with van der Waals surface area (Å²) in [6.45, 7) is 4.99. The highest BCUT2D eigenvalue weighted by Crippen LogP contribution is 2.39. The van der Waals surface area contributed by atoms with Crippen molar-refractivity contribution >= 4 is 26.5 Å². The lowest BCUT2D eigenvalue weighted by atomic mass is 9.83. The summed E-state index contributed by atoms with van der Waals surface area (Å²) in [5, 5.41) is 4.32. The molecule has 1 aliphatic carbocycles. The maximum Gasteiger partial charge on any atom is 0.197 e. The van der Waals surface area contributed by atoms with Crippen LogP contribution in [0, 0.1) is 0 Å². The summed E-state index contributed by atoms with van der Waals surface area (Å²) in [7, 11) is 0.748. The number of ether oxygens (including phenoxy) is 1. The van der Waals surface area contributed by atoms with Gasteiger partial charge in [0.1, 0.15) is 16.2 Å². The first kappa shape index (κ1) is 25.7. The molecular weight excluding hydrogens is 488 g/mol. The van der Waals surface area contributed by atoms with E-state index in [9.17, 15) is 8.42 Å². The number of fused-ring (bicyclic) bond motifs is 2. The monoisotopic (exact) mass is 524 g/mol. The molecule has 0 amide bonds. The fourth-order valence-electron chi connectivity index (χ4n) is 5.61. The Kier molecular flexibility index (Phi) is 6.97. The molecule has 1 fully saturated rings. The van der Waals surface area contributed by atoms with Gasteiger partial charge in [0, 0.05) is 47.8 Å². The van der Waals surface area contributed by atoms with Gasteiger partial charge in [0.15, 0.2) is 11.4 Å². The fourth-order valence-corrected chi connectivity index (χ4v) is 6.23. The number of aromatic amines is 1. The molecule has 0 aliphatic heterocycles. The molecule has 0 aromatic carbocycles. The molecule has 0 unspecified atom stereocenters. The number of nitrogens with zero attached hydrogens (tertiary/aromatic N) is 5. The van der Waals surface area contributed by atoms with E-state index in [0.29, 0.717) is 29.9 Å². The van der Waals surface area contributed by atoms with E-state index in [4.69, 9.17) is 9.72 Å². The van der Waals surface area contributed by atoms with Crippen LogP contribution in [0.25, 0.3) is 27.9 Å². The molecule has 1 aliphatic rings. The van der Waals surface area contributed by atoms with Crippen molar-refractivity contribution in [1.29, 1.82) is 0 Å². The molecule has 9 nitrogen and oxygen atoms in total. The van der Waals surface area contributed by atoms with Gasteiger partial charge in [-0.2, -0.15) is 5.10 Å². The Morgan fingerprint density at radius 1 is 1.22 bits per heavy atom. The van der Waals surface area contributed by atoms with Crippen molar-refractivity contribution in [2.24, 2.45) is 0 Å². The second-order valence-corrected chi connectivity index (χ2v) is 12.9. The number of H-pyrrole nitrogens is 1. The Hall–Kier alpha value is -2.98. The quantitative estimate of drug-likeness (QED) is 0.364. The predicted octanol–water partition coefficient (Wildman–Crippen LogP) is 4.41. The minimum absolute atomic E-state index is 0.213. The highest BCUT2D eigenvalue weighted by Gasteiger charge is 2.27. The summed E-state index contributed by atoms with van der Waals surface area (Å²) in [6, 6.07) is 6.74. The van der Waals surface area contributed by atoms with E-state index in [1.54, 1.807) is 11.6 Å². The van der Waals surface area contributed by atoms with E-state index in [1.165, 1.54) is 18.1 Å². The van der Waals surface area contributed by atoms with Crippen LogP contribution in [0.1, 0.15) is 62.6 Å². The van der Waals surface area contributed by atoms with Crippen LogP contribution in [0.15, 0.2) is 30.7 Å². The van der Waals surface area contributed by atoms with E-state index in [0.717, 1.165) is 53.7 Å². The van der Waals surface area contributed by atoms with Gasteiger partial charge in [0.2, 0.25) is 0 Å². The van der Waals surface area contributed by atoms with Crippen LogP contribution in [0.3, 0.4) is 0 Å². The lowest BCUT2D eigenvalue weighted by Crippen LogP contribution is -2.37. The van der Waals surface area contributed by atoms with Crippen molar-refractivity contribution in [3.8, 4) is 17.0 Å². The third kappa shape index (κ3) is 5.22. The van der Waals surface area contributed by atoms with Gasteiger partial charge in [-0.3, -0.25) is 4.98 Å². The molecular formula is C27H36N6O3S. The second-order valence-electron chi connectivity index (χ2n) is 10.6. The lowest BCUT2D eigenvalue weighted by Gasteiger charge is -2.34. The fraction of sp³-hybridized carbons (Fsp3) is 0.519. The molecule has 198 valence electrons. The number of nitrogens with one attached hydrogen (secondary N) is 1. The van der Waals surface area contributed by atoms with Crippen molar-refractivity contribution in [1.82, 2.24) is 29.5 Å². The first-order valence-electron chi connectivity index (χ1n) is 12.9. The number of sulfone groups is 1. The Labute approximate surface area is 218 Å². The second kappa shape index (κ2) is 10.1. The zero-order valence-corrected chi connectivity index (χ0v) is 23.0. The summed E-state index contributed by atoms with van der Waals surface area (Å²) < 4.78 is 30.4. The van der Waals surface area contributed by atoms with Gasteiger partial charge in [-0.15, -0.1) is 0 Å². The summed E-state index contributed by atoms with van der Waals surface area (Å²) in [5.41, 5.74) is 7.07. The van der Waals surface area contributed by atoms with Gasteiger partial charge < -0.3 is 14.6 Å². The van der Waals surface area contributed by atoms with Gasteiger partial charge >= 0.3 is 0 Å². The smallest absolute Gasteiger partial charge is 0.197 e. The van der Waals surface area contributed by atoms with Gasteiger partial charge in [0.05, 0.1) is 29.6 Å². The molecule has 4 aromatic heterocycles. The zero-order valence-electron chi connectivity index (χ0n) is 22.2. The summed E-state index contributed by atoms with van der Waals surface area (Å²) in [6.07, 6.45) is 9.03. The van der Waals surface area contributed by atoms with Crippen molar-refractivity contribution in [2.75, 3.05) is 32.7 Å². The Bertz CT molecular complexity index is 1520. The molecule has 0 bridgehead atoms. The molecule has 4 aromatic rings. The molecule has 0 saturated heterocycles. The lowest BCUT2D eigenvalue weighted by molar-refractivity contribution is 0.190. The third-order valence-electron chi connectivity index (χ3n) is 7.68. The number of hydrogen-bond donors (Lipinski definition) is 1. The van der Waals surface area contributed by atoms with Crippen LogP contribution in [0.5, 0.6) is 5.75 Å². The maximum atomic E-state index is 11.6. The molecule has 1 N–H and O–H groups in total. The van der Waals surface area contributed by atoms with Crippen LogP contribution in [0.4, 0.5) is 0 Å². The van der Waals surface area contributed by atoms with E-state index in [2.05, 4.69) is 45.9 Å². The largest absolute Gasteiger partial charge is 0.493 e. The Morgan fingerprint density at radius 2 is 1.97 bits per heavy atom. The standard InChI is InChI=1S/C27H36N6O3S/c1-17(2)24-25(19-14-23(36-4)27-28-16-29-33(27)15-19)31-22-11-10-21(30-26(22)24)18-6-8-20(9-7-18)32(3)12-13-37(5,34)35/h10-11,14-18,20,31H,6-9,12-13H2,1-5H3. The molecule has 37 heavy (non-hydrogen) atoms. The first-order valence-corrected chi connectivity index (χ1v) is 15.0. The van der Waals surface area contributed by atoms with Crippen molar-refractivity contribution < 1.29 is 13.2 Å². The average molecular weight is 525 g/mol. The van der Waals surface area contributed by atoms with Crippen LogP contribution in [-0.2, 0) is 9.84 Å². The zero-order chi connectivity index (χ0) is 26.3. The SMILES string of the molecule is COc1cc(-c2[nH]c3ccc(C4CCC(N(C)CCS(C)(=O)=O)CC4)nc3c2C(C)C)cn2ncnc12. The molecule has 4 heterocycles. The number of pyridine rings is 2. The van der Waals surface area contributed by atoms with E-state index in [-0.39, 0.29) is 11.7 Å². The highest BCUT2D eigenvalue weighted by atomic mass is 32.2. The summed E-state index contributed by atoms with van der Waals surface area (Å²) in [5.74, 6) is 1.57. The summed E-state index contributed by atoms with van der Waals surface area (Å²) in [4.78, 5) is 15.3. The van der Waals surface area contributed by atoms with E-state index in [1.807, 2.05) is 19.3 Å². The molecule has 0 atom stereocenters. The molecule has 1 saturated carbocycles. The van der Waals surface area contributed by atoms with Crippen molar-refractivity contribution in [2.45, 2.75) is 57.4 Å². The minimum atomic E-state index is -2.94. The maximum absolute atomic E-state index is 11.6. The predicted molar refractivity (Wildman–Crippen MR) is 146 cm³/mol. The van der Waals surface area contributed by atoms with Gasteiger partial charge in [0.25, 0.3) is 0 Å². The number of rotatable bonds is 8. The normalized spacial score (nSPS) is 18.9. The topological polar surface area (TPSA) is 105 Å². The van der Waals surface area contributed by atoms with Crippen LogP contribution < -0.4 is 4.74 Å². The molecule has 0 radical (unpaired) electrons. The van der Waals surface area contributed by atoms with Crippen molar-refractivity contribution in [3.05, 3.63) is 42.0 Å². The van der Waals surface area contributed by atoms with Crippen molar-refractivity contribution in [3.63, 3.8) is 0 Å². The van der Waals surface area contributed by atoms with Gasteiger partial charge in [-0.1, -0.05) is 13.8 Å². The van der Waals surface area contributed by atoms with Crippen LogP contribution >= 0.6 is 0 Å². The highest BCUT2D eigenvalue weighted by molar-refractivity contribution is 7.90. The Balaban J connectivity index is 1.42. The summed E-state index contributed by atoms with van der Waals surface area (Å²) >= 11 is 0. The van der Waals surface area contributed by atoms with E-state index < -0.39 is 9.84 Å². The third-order valence-corrected chi connectivity index (χ3v) is 8.61. The average Bonchev–Trinajstić information content (AvgIpc) is 3.50. The van der Waals surface area contributed by atoms with Gasteiger partial charge in [-0.25, -0.2) is 17.9 Å². The first-order chi connectivity index (χ1) is 17.6. The molecule has 10 heteroatoms. The Morgan fingerprint density at radius 3 is 2.65 bits per heavy atom. The molecule has 5 rings (SSSR count). The van der Waals surface area contributed by atoms with Crippen LogP contribution in [0.2, 0.25) is 0 Å². The molecule has 0 spiro atoms. The van der Waals surface area contributed by atoms with Crippen LogP contribution in [-0.4, -0.2) is 76.6 Å². The number of hydrogen-bond acceptors (Lipinski definition) is 7. The number of aromatic nitrogens is 5. The number of methoxy groups -OCH3 is 1. The van der Waals surface area contributed by atoms with E-state index >= 15 is 0 Å². The van der Waals surface area contributed by atoms with Gasteiger partial charge in [-0.05, 0) is 56.8 Å².